The van der Waals surface area contributed by atoms with Crippen LogP contribution in [0.4, 0.5) is 0 Å². The number of amides is 4. The van der Waals surface area contributed by atoms with Crippen molar-refractivity contribution in [1.29, 1.82) is 0 Å². The van der Waals surface area contributed by atoms with Gasteiger partial charge >= 0.3 is 0 Å². The lowest BCUT2D eigenvalue weighted by Gasteiger charge is -2.44. The molecule has 0 radical (unpaired) electrons. The first kappa shape index (κ1) is 44.4. The molecular weight excluding hydrogens is 769 g/mol. The Morgan fingerprint density at radius 2 is 1.45 bits per heavy atom. The highest BCUT2D eigenvalue weighted by atomic mass is 28.4. The van der Waals surface area contributed by atoms with E-state index in [4.69, 9.17) is 4.43 Å². The number of ketones is 1. The van der Waals surface area contributed by atoms with Gasteiger partial charge in [0.05, 0.1) is 0 Å². The first-order valence-electron chi connectivity index (χ1n) is 21.7. The molecule has 3 N–H and O–H groups in total. The highest BCUT2D eigenvalue weighted by molar-refractivity contribution is 6.99. The predicted molar refractivity (Wildman–Crippen MR) is 239 cm³/mol. The summed E-state index contributed by atoms with van der Waals surface area (Å²) in [7, 11) is -2.91. The number of hydrogen-bond acceptors (Lipinski definition) is 6. The highest BCUT2D eigenvalue weighted by Gasteiger charge is 2.51. The molecule has 60 heavy (non-hydrogen) atoms. The van der Waals surface area contributed by atoms with E-state index >= 15 is 0 Å². The smallest absolute Gasteiger partial charge is 0.262 e. The Bertz CT molecular complexity index is 2110. The first-order chi connectivity index (χ1) is 28.7. The van der Waals surface area contributed by atoms with E-state index in [1.165, 1.54) is 0 Å². The maximum absolute atomic E-state index is 14.3. The molecule has 2 aliphatic rings. The summed E-state index contributed by atoms with van der Waals surface area (Å²) in [5.74, 6) is -1.57. The number of carbonyl (C=O) groups is 5. The largest absolute Gasteiger partial charge is 0.398 e. The lowest BCUT2D eigenvalue weighted by atomic mass is 9.93. The first-order valence-corrected chi connectivity index (χ1v) is 23.6. The summed E-state index contributed by atoms with van der Waals surface area (Å²) in [6.45, 7) is 12.3. The van der Waals surface area contributed by atoms with Crippen LogP contribution in [0, 0.1) is 0 Å². The zero-order valence-corrected chi connectivity index (χ0v) is 37.1. The van der Waals surface area contributed by atoms with Crippen molar-refractivity contribution in [3.8, 4) is 0 Å². The van der Waals surface area contributed by atoms with Crippen molar-refractivity contribution in [1.82, 2.24) is 20.9 Å². The fourth-order valence-corrected chi connectivity index (χ4v) is 13.6. The topological polar surface area (TPSA) is 134 Å². The van der Waals surface area contributed by atoms with E-state index in [1.807, 2.05) is 92.7 Å². The van der Waals surface area contributed by atoms with Crippen molar-refractivity contribution in [3.05, 3.63) is 109 Å². The van der Waals surface area contributed by atoms with E-state index in [2.05, 4.69) is 61.0 Å². The lowest BCUT2D eigenvalue weighted by Crippen LogP contribution is -2.68. The van der Waals surface area contributed by atoms with Gasteiger partial charge in [-0.1, -0.05) is 144 Å². The van der Waals surface area contributed by atoms with Crippen LogP contribution < -0.4 is 26.3 Å². The molecule has 11 heteroatoms. The van der Waals surface area contributed by atoms with Crippen LogP contribution in [-0.2, 0) is 34.8 Å². The van der Waals surface area contributed by atoms with Crippen molar-refractivity contribution >= 4 is 58.9 Å². The third-order valence-corrected chi connectivity index (χ3v) is 17.7. The summed E-state index contributed by atoms with van der Waals surface area (Å²) >= 11 is 0. The standard InChI is InChI=1S/C49H62N4O6Si/c1-7-49(6)47(58)51-41(33-36-23-19-22-35-21-17-18-28-39(35)36)46(57)53-32-20-30-42(53)45(56)50-40(44(55)52-49)29-15-10-16-31-43(54)34(2)59-60(48(3,4)5,37-24-11-8-12-25-37)38-26-13-9-14-27-38/h8-9,11-14,17-19,21-28,34,40-42H,7,10,15-16,20,29-33H2,1-6H3,(H,50,56)(H,51,58)(H,52,55)/t34-,40-,41?,42+,49-/m0/s1. The number of nitrogens with zero attached hydrogens (tertiary/aromatic N) is 1. The molecule has 2 aliphatic heterocycles. The van der Waals surface area contributed by atoms with Crippen molar-refractivity contribution in [2.24, 2.45) is 0 Å². The normalized spacial score (nSPS) is 22.2. The van der Waals surface area contributed by atoms with E-state index in [0.29, 0.717) is 51.5 Å². The highest BCUT2D eigenvalue weighted by Crippen LogP contribution is 2.38. The van der Waals surface area contributed by atoms with Crippen molar-refractivity contribution in [2.45, 2.75) is 134 Å². The molecule has 4 amide bonds. The average Bonchev–Trinajstić information content (AvgIpc) is 3.74. The van der Waals surface area contributed by atoms with Crippen molar-refractivity contribution in [3.63, 3.8) is 0 Å². The van der Waals surface area contributed by atoms with Gasteiger partial charge in [-0.25, -0.2) is 0 Å². The second-order valence-corrected chi connectivity index (χ2v) is 22.0. The number of hydrogen-bond donors (Lipinski definition) is 3. The van der Waals surface area contributed by atoms with Crippen LogP contribution in [0.5, 0.6) is 0 Å². The van der Waals surface area contributed by atoms with E-state index < -0.39 is 49.9 Å². The minimum absolute atomic E-state index is 0.0227. The summed E-state index contributed by atoms with van der Waals surface area (Å²) in [4.78, 5) is 71.8. The second-order valence-electron chi connectivity index (χ2n) is 17.8. The van der Waals surface area contributed by atoms with Gasteiger partial charge in [0.1, 0.15) is 29.8 Å². The number of rotatable bonds is 14. The molecule has 2 saturated heterocycles. The Labute approximate surface area is 356 Å². The van der Waals surface area contributed by atoms with Gasteiger partial charge in [0.2, 0.25) is 23.6 Å². The van der Waals surface area contributed by atoms with Crippen LogP contribution in [0.25, 0.3) is 10.8 Å². The van der Waals surface area contributed by atoms with Gasteiger partial charge < -0.3 is 25.3 Å². The minimum Gasteiger partial charge on any atom is -0.398 e. The SMILES string of the molecule is CC[C@]1(C)NC(=O)[C@H](CCCCCC(=O)[C@H](C)O[Si](c2ccccc2)(c2ccccc2)C(C)(C)C)NC(=O)[C@H]2CCCN2C(=O)C(Cc2cccc3ccccc23)NC1=O. The molecule has 0 aromatic heterocycles. The quantitative estimate of drug-likeness (QED) is 0.104. The summed E-state index contributed by atoms with van der Waals surface area (Å²) in [5.41, 5.74) is -0.432. The van der Waals surface area contributed by atoms with E-state index in [-0.39, 0.29) is 35.5 Å². The number of carbonyl (C=O) groups excluding carboxylic acids is 5. The fraction of sp³-hybridized carbons (Fsp3) is 0.449. The van der Waals surface area contributed by atoms with E-state index in [9.17, 15) is 24.0 Å². The van der Waals surface area contributed by atoms with Gasteiger partial charge in [0.25, 0.3) is 8.32 Å². The average molecular weight is 831 g/mol. The molecule has 6 rings (SSSR count). The fourth-order valence-electron chi connectivity index (χ4n) is 8.96. The molecule has 2 heterocycles. The van der Waals surface area contributed by atoms with Crippen LogP contribution in [0.2, 0.25) is 5.04 Å². The van der Waals surface area contributed by atoms with Crippen molar-refractivity contribution in [2.75, 3.05) is 6.54 Å². The maximum Gasteiger partial charge on any atom is 0.262 e. The molecule has 0 spiro atoms. The monoisotopic (exact) mass is 830 g/mol. The Kier molecular flexibility index (Phi) is 14.1. The molecular formula is C49H62N4O6Si. The Morgan fingerprint density at radius 3 is 2.10 bits per heavy atom. The zero-order valence-electron chi connectivity index (χ0n) is 36.1. The lowest BCUT2D eigenvalue weighted by molar-refractivity contribution is -0.144. The molecule has 0 aliphatic carbocycles. The van der Waals surface area contributed by atoms with Gasteiger partial charge in [-0.05, 0) is 77.7 Å². The zero-order chi connectivity index (χ0) is 43.1. The third kappa shape index (κ3) is 9.58. The van der Waals surface area contributed by atoms with Crippen LogP contribution in [0.3, 0.4) is 0 Å². The molecule has 1 unspecified atom stereocenters. The van der Waals surface area contributed by atoms with Crippen molar-refractivity contribution < 1.29 is 28.4 Å². The molecule has 0 saturated carbocycles. The van der Waals surface area contributed by atoms with Gasteiger partial charge in [-0.15, -0.1) is 0 Å². The number of nitrogens with one attached hydrogen (secondary N) is 3. The van der Waals surface area contributed by atoms with Crippen LogP contribution >= 0.6 is 0 Å². The molecule has 4 aromatic carbocycles. The maximum atomic E-state index is 14.3. The third-order valence-electron chi connectivity index (χ3n) is 12.6. The number of unbranched alkanes of at least 4 members (excludes halogenated alkanes) is 2. The molecule has 10 nitrogen and oxygen atoms in total. The van der Waals surface area contributed by atoms with E-state index in [1.54, 1.807) is 11.8 Å². The van der Waals surface area contributed by atoms with Gasteiger partial charge in [0, 0.05) is 19.4 Å². The van der Waals surface area contributed by atoms with Crippen LogP contribution in [-0.4, -0.2) is 78.9 Å². The van der Waals surface area contributed by atoms with Gasteiger partial charge in [0.15, 0.2) is 5.78 Å². The van der Waals surface area contributed by atoms with Crippen LogP contribution in [0.15, 0.2) is 103 Å². The summed E-state index contributed by atoms with van der Waals surface area (Å²) in [5, 5.41) is 12.9. The molecule has 2 fully saturated rings. The summed E-state index contributed by atoms with van der Waals surface area (Å²) < 4.78 is 7.04. The number of fused-ring (bicyclic) bond motifs is 2. The molecule has 4 aromatic rings. The van der Waals surface area contributed by atoms with Gasteiger partial charge in [-0.2, -0.15) is 0 Å². The van der Waals surface area contributed by atoms with E-state index in [0.717, 1.165) is 26.7 Å². The molecule has 0 bridgehead atoms. The summed E-state index contributed by atoms with van der Waals surface area (Å²) in [6, 6.07) is 31.7. The second kappa shape index (κ2) is 19.1. The molecule has 5 atom stereocenters. The van der Waals surface area contributed by atoms with Gasteiger partial charge in [-0.3, -0.25) is 24.0 Å². The number of benzene rings is 4. The minimum atomic E-state index is -2.91. The summed E-state index contributed by atoms with van der Waals surface area (Å²) in [6.07, 6.45) is 3.39. The number of Topliss-reactive ketones (excluding diaryl/α,β-unsaturated/α-hetero) is 1. The Hall–Kier alpha value is -5.13. The molecule has 318 valence electrons. The van der Waals surface area contributed by atoms with Crippen LogP contribution in [0.1, 0.15) is 98.5 Å². The Balaban J connectivity index is 1.12. The predicted octanol–water partition coefficient (Wildman–Crippen LogP) is 6.13. The Morgan fingerprint density at radius 1 is 0.817 bits per heavy atom.